The summed E-state index contributed by atoms with van der Waals surface area (Å²) in [7, 11) is 0. The van der Waals surface area contributed by atoms with Crippen LogP contribution in [0.3, 0.4) is 0 Å². The second-order valence-corrected chi connectivity index (χ2v) is 22.1. The van der Waals surface area contributed by atoms with E-state index in [2.05, 4.69) is 31.3 Å². The molecule has 0 rings (SSSR count). The van der Waals surface area contributed by atoms with Crippen molar-refractivity contribution in [2.24, 2.45) is 0 Å². The van der Waals surface area contributed by atoms with Crippen LogP contribution in [0, 0.1) is 0 Å². The van der Waals surface area contributed by atoms with Crippen molar-refractivity contribution < 1.29 is 24.5 Å². The minimum absolute atomic E-state index is 0.00618. The molecule has 70 heavy (non-hydrogen) atoms. The van der Waals surface area contributed by atoms with Gasteiger partial charge >= 0.3 is 5.97 Å². The molecule has 0 aromatic heterocycles. The molecular weight excluding hydrogens is 863 g/mol. The highest BCUT2D eigenvalue weighted by atomic mass is 16.5. The van der Waals surface area contributed by atoms with Crippen LogP contribution in [0.2, 0.25) is 0 Å². The van der Waals surface area contributed by atoms with Gasteiger partial charge in [-0.3, -0.25) is 9.59 Å². The van der Waals surface area contributed by atoms with Crippen molar-refractivity contribution in [3.63, 3.8) is 0 Å². The molecule has 1 amide bonds. The molecule has 0 radical (unpaired) electrons. The Kier molecular flexibility index (Phi) is 59.0. The SMILES string of the molecule is CCCCCCCC/C=C\CCCCCCCC(=O)OCCCCCCCCCCCCCCCCCCCCCCCCC(=O)NC(CO)C(O)CCCCCCCCCCCCCCCCCC. The van der Waals surface area contributed by atoms with Gasteiger partial charge in [-0.05, 0) is 51.4 Å². The van der Waals surface area contributed by atoms with Crippen molar-refractivity contribution in [3.05, 3.63) is 12.2 Å². The number of carbonyl (C=O) groups excluding carboxylic acids is 2. The molecule has 0 saturated carbocycles. The Morgan fingerprint density at radius 1 is 0.386 bits per heavy atom. The summed E-state index contributed by atoms with van der Waals surface area (Å²) < 4.78 is 5.48. The van der Waals surface area contributed by atoms with Gasteiger partial charge in [-0.15, -0.1) is 0 Å². The summed E-state index contributed by atoms with van der Waals surface area (Å²) in [4.78, 5) is 24.6. The summed E-state index contributed by atoms with van der Waals surface area (Å²) in [6.45, 7) is 4.97. The smallest absolute Gasteiger partial charge is 0.305 e. The molecule has 2 unspecified atom stereocenters. The van der Waals surface area contributed by atoms with Crippen LogP contribution in [0.1, 0.15) is 361 Å². The molecule has 3 N–H and O–H groups in total. The van der Waals surface area contributed by atoms with E-state index in [9.17, 15) is 19.8 Å². The number of ether oxygens (including phenoxy) is 1. The molecule has 0 saturated heterocycles. The van der Waals surface area contributed by atoms with Gasteiger partial charge in [0.25, 0.3) is 0 Å². The molecule has 0 spiro atoms. The number of hydrogen-bond donors (Lipinski definition) is 3. The molecule has 0 aliphatic carbocycles. The average Bonchev–Trinajstić information content (AvgIpc) is 3.36. The number of amides is 1. The van der Waals surface area contributed by atoms with Crippen molar-refractivity contribution in [1.29, 1.82) is 0 Å². The molecule has 6 nitrogen and oxygen atoms in total. The van der Waals surface area contributed by atoms with E-state index < -0.39 is 12.1 Å². The monoisotopic (exact) mass is 988 g/mol. The Labute approximate surface area is 438 Å². The van der Waals surface area contributed by atoms with Gasteiger partial charge in [-0.2, -0.15) is 0 Å². The molecule has 2 atom stereocenters. The van der Waals surface area contributed by atoms with Crippen molar-refractivity contribution >= 4 is 11.9 Å². The first kappa shape index (κ1) is 68.6. The Balaban J connectivity index is 3.37. The fraction of sp³-hybridized carbons (Fsp3) is 0.938. The largest absolute Gasteiger partial charge is 0.466 e. The van der Waals surface area contributed by atoms with Crippen molar-refractivity contribution in [1.82, 2.24) is 5.32 Å². The van der Waals surface area contributed by atoms with Gasteiger partial charge in [0.15, 0.2) is 0 Å². The molecule has 0 heterocycles. The highest BCUT2D eigenvalue weighted by Crippen LogP contribution is 2.18. The Bertz CT molecular complexity index is 1050. The number of nitrogens with one attached hydrogen (secondary N) is 1. The van der Waals surface area contributed by atoms with E-state index in [0.29, 0.717) is 25.9 Å². The van der Waals surface area contributed by atoms with Crippen molar-refractivity contribution in [2.75, 3.05) is 13.2 Å². The average molecular weight is 989 g/mol. The zero-order valence-corrected chi connectivity index (χ0v) is 47.5. The minimum Gasteiger partial charge on any atom is -0.466 e. The summed E-state index contributed by atoms with van der Waals surface area (Å²) in [5.41, 5.74) is 0. The molecular formula is C64H125NO5. The Morgan fingerprint density at radius 3 is 1.01 bits per heavy atom. The zero-order valence-electron chi connectivity index (χ0n) is 47.5. The molecule has 0 aromatic carbocycles. The number of esters is 1. The summed E-state index contributed by atoms with van der Waals surface area (Å²) >= 11 is 0. The molecule has 416 valence electrons. The molecule has 0 fully saturated rings. The predicted octanol–water partition coefficient (Wildman–Crippen LogP) is 20.0. The predicted molar refractivity (Wildman–Crippen MR) is 306 cm³/mol. The first-order chi connectivity index (χ1) is 34.5. The van der Waals surface area contributed by atoms with Crippen LogP contribution in [-0.4, -0.2) is 47.4 Å². The van der Waals surface area contributed by atoms with E-state index in [-0.39, 0.29) is 18.5 Å². The summed E-state index contributed by atoms with van der Waals surface area (Å²) in [6.07, 6.45) is 72.2. The first-order valence-corrected chi connectivity index (χ1v) is 31.9. The molecule has 0 aliphatic rings. The molecule has 0 bridgehead atoms. The standard InChI is InChI=1S/C64H125NO5/c1-3-5-7-9-11-13-15-17-19-29-32-36-40-44-48-52-56-62(67)61(60-66)65-63(68)57-53-49-45-41-37-33-30-26-24-22-20-21-23-25-27-31-35-39-43-47-51-55-59-70-64(69)58-54-50-46-42-38-34-28-18-16-14-12-10-8-6-4-2/h18,28,61-62,66-67H,3-17,19-27,29-60H2,1-2H3,(H,65,68)/b28-18-. The lowest BCUT2D eigenvalue weighted by Gasteiger charge is -2.22. The normalized spacial score (nSPS) is 12.6. The van der Waals surface area contributed by atoms with E-state index in [4.69, 9.17) is 4.74 Å². The highest BCUT2D eigenvalue weighted by Gasteiger charge is 2.20. The Morgan fingerprint density at radius 2 is 0.671 bits per heavy atom. The van der Waals surface area contributed by atoms with Crippen LogP contribution in [0.25, 0.3) is 0 Å². The quantitative estimate of drug-likeness (QED) is 0.0321. The van der Waals surface area contributed by atoms with E-state index >= 15 is 0 Å². The minimum atomic E-state index is -0.664. The summed E-state index contributed by atoms with van der Waals surface area (Å²) in [5.74, 6) is -0.0261. The number of hydrogen-bond acceptors (Lipinski definition) is 5. The number of rotatable bonds is 60. The second-order valence-electron chi connectivity index (χ2n) is 22.1. The van der Waals surface area contributed by atoms with E-state index in [1.165, 1.54) is 283 Å². The van der Waals surface area contributed by atoms with Crippen LogP contribution in [0.4, 0.5) is 0 Å². The lowest BCUT2D eigenvalue weighted by atomic mass is 10.0. The topological polar surface area (TPSA) is 95.9 Å². The van der Waals surface area contributed by atoms with Gasteiger partial charge in [0.2, 0.25) is 5.91 Å². The highest BCUT2D eigenvalue weighted by molar-refractivity contribution is 5.76. The van der Waals surface area contributed by atoms with Crippen LogP contribution < -0.4 is 5.32 Å². The van der Waals surface area contributed by atoms with Gasteiger partial charge < -0.3 is 20.3 Å². The van der Waals surface area contributed by atoms with E-state index in [1.807, 2.05) is 0 Å². The third-order valence-electron chi connectivity index (χ3n) is 15.1. The van der Waals surface area contributed by atoms with Gasteiger partial charge in [0, 0.05) is 12.8 Å². The molecule has 0 aliphatic heterocycles. The van der Waals surface area contributed by atoms with Crippen molar-refractivity contribution in [3.8, 4) is 0 Å². The lowest BCUT2D eigenvalue weighted by Crippen LogP contribution is -2.45. The van der Waals surface area contributed by atoms with Crippen LogP contribution in [-0.2, 0) is 14.3 Å². The third kappa shape index (κ3) is 55.9. The number of allylic oxidation sites excluding steroid dienone is 2. The number of unbranched alkanes of at least 4 members (excludes halogenated alkanes) is 47. The maximum Gasteiger partial charge on any atom is 0.305 e. The zero-order chi connectivity index (χ0) is 50.7. The van der Waals surface area contributed by atoms with Crippen molar-refractivity contribution in [2.45, 2.75) is 373 Å². The fourth-order valence-corrected chi connectivity index (χ4v) is 10.2. The van der Waals surface area contributed by atoms with Gasteiger partial charge in [-0.1, -0.05) is 309 Å². The third-order valence-corrected chi connectivity index (χ3v) is 15.1. The van der Waals surface area contributed by atoms with Gasteiger partial charge in [0.1, 0.15) is 0 Å². The maximum atomic E-state index is 12.5. The lowest BCUT2D eigenvalue weighted by molar-refractivity contribution is -0.143. The molecule has 6 heteroatoms. The van der Waals surface area contributed by atoms with E-state index in [1.54, 1.807) is 0 Å². The van der Waals surface area contributed by atoms with Crippen LogP contribution in [0.15, 0.2) is 12.2 Å². The number of carbonyl (C=O) groups is 2. The molecule has 0 aromatic rings. The summed E-state index contributed by atoms with van der Waals surface area (Å²) in [6, 6.07) is -0.541. The van der Waals surface area contributed by atoms with Crippen LogP contribution in [0.5, 0.6) is 0 Å². The maximum absolute atomic E-state index is 12.5. The Hall–Kier alpha value is -1.40. The summed E-state index contributed by atoms with van der Waals surface area (Å²) in [5, 5.41) is 23.3. The van der Waals surface area contributed by atoms with Crippen LogP contribution >= 0.6 is 0 Å². The van der Waals surface area contributed by atoms with Gasteiger partial charge in [0.05, 0.1) is 25.4 Å². The second kappa shape index (κ2) is 60.2. The fourth-order valence-electron chi connectivity index (χ4n) is 10.2. The number of aliphatic hydroxyl groups is 2. The van der Waals surface area contributed by atoms with E-state index in [0.717, 1.165) is 44.9 Å². The first-order valence-electron chi connectivity index (χ1n) is 31.9. The number of aliphatic hydroxyl groups excluding tert-OH is 2. The van der Waals surface area contributed by atoms with Gasteiger partial charge in [-0.25, -0.2) is 0 Å².